The molecule has 0 unspecified atom stereocenters. The number of amides is 1. The lowest BCUT2D eigenvalue weighted by molar-refractivity contribution is -0.130. The van der Waals surface area contributed by atoms with Crippen LogP contribution in [0, 0.1) is 5.92 Å². The molecule has 0 aliphatic carbocycles. The van der Waals surface area contributed by atoms with E-state index in [9.17, 15) is 15.0 Å². The molecule has 3 atom stereocenters. The van der Waals surface area contributed by atoms with Gasteiger partial charge in [0.15, 0.2) is 0 Å². The van der Waals surface area contributed by atoms with Crippen molar-refractivity contribution in [2.24, 2.45) is 5.92 Å². The molecule has 2 fully saturated rings. The Morgan fingerprint density at radius 1 is 1.32 bits per heavy atom. The van der Waals surface area contributed by atoms with E-state index in [0.29, 0.717) is 18.2 Å². The van der Waals surface area contributed by atoms with E-state index in [0.717, 1.165) is 32.5 Å². The van der Waals surface area contributed by atoms with Crippen molar-refractivity contribution in [1.29, 1.82) is 0 Å². The highest BCUT2D eigenvalue weighted by Gasteiger charge is 2.35. The minimum Gasteiger partial charge on any atom is -0.389 e. The van der Waals surface area contributed by atoms with Gasteiger partial charge in [0.2, 0.25) is 0 Å². The number of carbonyl (C=O) groups is 1. The number of hydrogen-bond donors (Lipinski definition) is 2. The van der Waals surface area contributed by atoms with Crippen LogP contribution in [-0.4, -0.2) is 89.0 Å². The molecule has 0 radical (unpaired) electrons. The number of likely N-dealkylation sites (N-methyl/N-ethyl adjacent to an activating group) is 1. The zero-order chi connectivity index (χ0) is 17.8. The Morgan fingerprint density at radius 2 is 2.08 bits per heavy atom. The van der Waals surface area contributed by atoms with Gasteiger partial charge in [-0.1, -0.05) is 6.07 Å². The summed E-state index contributed by atoms with van der Waals surface area (Å²) in [6, 6.07) is 5.20. The molecular weight excluding hydrogens is 322 g/mol. The predicted molar refractivity (Wildman–Crippen MR) is 92.1 cm³/mol. The fraction of sp³-hybridized carbons (Fsp3) is 0.667. The predicted octanol–water partition coefficient (Wildman–Crippen LogP) is -0.0138. The number of rotatable bonds is 4. The summed E-state index contributed by atoms with van der Waals surface area (Å²) in [7, 11) is 1.96. The summed E-state index contributed by atoms with van der Waals surface area (Å²) in [5.41, 5.74) is 0.495. The minimum atomic E-state index is -0.820. The van der Waals surface area contributed by atoms with Crippen molar-refractivity contribution in [3.63, 3.8) is 0 Å². The Balaban J connectivity index is 1.48. The van der Waals surface area contributed by atoms with Gasteiger partial charge in [0, 0.05) is 25.8 Å². The Morgan fingerprint density at radius 3 is 2.76 bits per heavy atom. The van der Waals surface area contributed by atoms with Gasteiger partial charge in [-0.15, -0.1) is 0 Å². The second-order valence-corrected chi connectivity index (χ2v) is 7.05. The molecule has 0 bridgehead atoms. The highest BCUT2D eigenvalue weighted by molar-refractivity contribution is 5.92. The second kappa shape index (κ2) is 8.23. The maximum atomic E-state index is 12.4. The van der Waals surface area contributed by atoms with Gasteiger partial charge in [-0.05, 0) is 37.9 Å². The molecule has 2 aliphatic heterocycles. The van der Waals surface area contributed by atoms with Crippen molar-refractivity contribution in [3.8, 4) is 0 Å². The van der Waals surface area contributed by atoms with Gasteiger partial charge in [0.25, 0.3) is 5.91 Å². The maximum absolute atomic E-state index is 12.4. The number of nitrogens with zero attached hydrogens (tertiary/aromatic N) is 3. The maximum Gasteiger partial charge on any atom is 0.272 e. The van der Waals surface area contributed by atoms with Crippen LogP contribution < -0.4 is 0 Å². The normalized spacial score (nSPS) is 28.3. The first kappa shape index (κ1) is 18.3. The molecule has 2 aliphatic rings. The molecule has 1 amide bonds. The van der Waals surface area contributed by atoms with Crippen molar-refractivity contribution in [1.82, 2.24) is 14.8 Å². The molecular formula is C18H27N3O4. The van der Waals surface area contributed by atoms with Gasteiger partial charge in [0.1, 0.15) is 11.8 Å². The van der Waals surface area contributed by atoms with E-state index in [1.54, 1.807) is 18.3 Å². The highest BCUT2D eigenvalue weighted by Crippen LogP contribution is 2.22. The monoisotopic (exact) mass is 349 g/mol. The van der Waals surface area contributed by atoms with Gasteiger partial charge in [-0.2, -0.15) is 0 Å². The molecule has 1 aromatic rings. The van der Waals surface area contributed by atoms with Crippen molar-refractivity contribution in [2.45, 2.75) is 31.1 Å². The van der Waals surface area contributed by atoms with Gasteiger partial charge in [-0.3, -0.25) is 14.7 Å². The van der Waals surface area contributed by atoms with E-state index in [1.807, 2.05) is 18.0 Å². The molecule has 3 rings (SSSR count). The largest absolute Gasteiger partial charge is 0.389 e. The average Bonchev–Trinajstić information content (AvgIpc) is 2.64. The fourth-order valence-corrected chi connectivity index (χ4v) is 3.66. The molecule has 0 aromatic carbocycles. The number of piperidine rings is 1. The van der Waals surface area contributed by atoms with Crippen LogP contribution in [0.25, 0.3) is 0 Å². The lowest BCUT2D eigenvalue weighted by Crippen LogP contribution is -2.56. The molecule has 1 aromatic heterocycles. The number of likely N-dealkylation sites (tertiary alicyclic amines) is 1. The number of aliphatic hydroxyl groups is 2. The van der Waals surface area contributed by atoms with Crippen molar-refractivity contribution < 1.29 is 19.7 Å². The second-order valence-electron chi connectivity index (χ2n) is 7.05. The summed E-state index contributed by atoms with van der Waals surface area (Å²) >= 11 is 0. The van der Waals surface area contributed by atoms with Crippen LogP contribution in [0.2, 0.25) is 0 Å². The van der Waals surface area contributed by atoms with Gasteiger partial charge < -0.3 is 19.8 Å². The lowest BCUT2D eigenvalue weighted by atomic mass is 9.94. The Labute approximate surface area is 148 Å². The topological polar surface area (TPSA) is 86.1 Å². The van der Waals surface area contributed by atoms with E-state index in [-0.39, 0.29) is 18.6 Å². The number of ether oxygens (including phenoxy) is 1. The van der Waals surface area contributed by atoms with Crippen LogP contribution >= 0.6 is 0 Å². The molecule has 3 heterocycles. The smallest absolute Gasteiger partial charge is 0.272 e. The number of carbonyl (C=O) groups excluding carboxylic acids is 1. The quantitative estimate of drug-likeness (QED) is 0.795. The lowest BCUT2D eigenvalue weighted by Gasteiger charge is -2.40. The first-order valence-electron chi connectivity index (χ1n) is 8.90. The Bertz CT molecular complexity index is 563. The minimum absolute atomic E-state index is 0.00775. The zero-order valence-electron chi connectivity index (χ0n) is 14.6. The van der Waals surface area contributed by atoms with Gasteiger partial charge in [0.05, 0.1) is 25.4 Å². The average molecular weight is 349 g/mol. The van der Waals surface area contributed by atoms with Crippen LogP contribution in [-0.2, 0) is 4.74 Å². The summed E-state index contributed by atoms with van der Waals surface area (Å²) in [6.45, 7) is 2.90. The molecule has 138 valence electrons. The fourth-order valence-electron chi connectivity index (χ4n) is 3.66. The zero-order valence-corrected chi connectivity index (χ0v) is 14.6. The van der Waals surface area contributed by atoms with E-state index in [4.69, 9.17) is 4.74 Å². The number of aromatic nitrogens is 1. The summed E-state index contributed by atoms with van der Waals surface area (Å²) in [4.78, 5) is 20.5. The molecule has 2 N–H and O–H groups in total. The van der Waals surface area contributed by atoms with Crippen LogP contribution in [0.5, 0.6) is 0 Å². The number of hydrogen-bond acceptors (Lipinski definition) is 6. The molecule has 0 spiro atoms. The number of aliphatic hydroxyl groups excluding tert-OH is 2. The third-order valence-corrected chi connectivity index (χ3v) is 5.26. The highest BCUT2D eigenvalue weighted by atomic mass is 16.5. The van der Waals surface area contributed by atoms with Crippen LogP contribution in [0.3, 0.4) is 0 Å². The van der Waals surface area contributed by atoms with E-state index < -0.39 is 12.2 Å². The molecule has 7 heteroatoms. The van der Waals surface area contributed by atoms with E-state index in [1.165, 1.54) is 0 Å². The third-order valence-electron chi connectivity index (χ3n) is 5.26. The van der Waals surface area contributed by atoms with Crippen LogP contribution in [0.15, 0.2) is 24.4 Å². The summed E-state index contributed by atoms with van der Waals surface area (Å²) in [5.74, 6) is 0.454. The molecule has 0 saturated carbocycles. The van der Waals surface area contributed by atoms with Crippen molar-refractivity contribution in [3.05, 3.63) is 30.1 Å². The summed E-state index contributed by atoms with van der Waals surface area (Å²) in [5, 5.41) is 19.9. The number of pyridine rings is 1. The standard InChI is InChI=1S/C18H27N3O4/c1-20(15-11-25-12-16(22)17(15)23)10-13-5-8-21(9-6-13)18(24)14-4-2-3-7-19-14/h2-4,7,13,15-17,22-23H,5-6,8-12H2,1H3/t15-,16-,17+/m1/s1. The molecule has 2 saturated heterocycles. The SMILES string of the molecule is CN(CC1CCN(C(=O)c2ccccn2)CC1)[C@@H]1COC[C@@H](O)[C@H]1O. The Kier molecular flexibility index (Phi) is 6.01. The molecule has 7 nitrogen and oxygen atoms in total. The van der Waals surface area contributed by atoms with E-state index in [2.05, 4.69) is 9.88 Å². The first-order chi connectivity index (χ1) is 12.1. The van der Waals surface area contributed by atoms with E-state index >= 15 is 0 Å². The van der Waals surface area contributed by atoms with Crippen LogP contribution in [0.4, 0.5) is 0 Å². The van der Waals surface area contributed by atoms with Crippen molar-refractivity contribution >= 4 is 5.91 Å². The molecule has 25 heavy (non-hydrogen) atoms. The van der Waals surface area contributed by atoms with Crippen LogP contribution in [0.1, 0.15) is 23.3 Å². The van der Waals surface area contributed by atoms with Gasteiger partial charge >= 0.3 is 0 Å². The van der Waals surface area contributed by atoms with Crippen molar-refractivity contribution in [2.75, 3.05) is 39.9 Å². The Hall–Kier alpha value is -1.54. The summed E-state index contributed by atoms with van der Waals surface area (Å²) < 4.78 is 5.36. The summed E-state index contributed by atoms with van der Waals surface area (Å²) in [6.07, 6.45) is 1.90. The third kappa shape index (κ3) is 4.36. The first-order valence-corrected chi connectivity index (χ1v) is 8.90. The van der Waals surface area contributed by atoms with Gasteiger partial charge in [-0.25, -0.2) is 0 Å².